The largest absolute Gasteiger partial charge is 0.455 e. The first-order valence-corrected chi connectivity index (χ1v) is 21.3. The van der Waals surface area contributed by atoms with Gasteiger partial charge in [-0.2, -0.15) is 0 Å². The van der Waals surface area contributed by atoms with Gasteiger partial charge in [-0.25, -0.2) is 0 Å². The number of para-hydroxylation sites is 3. The van der Waals surface area contributed by atoms with Crippen molar-refractivity contribution in [3.63, 3.8) is 0 Å². The third kappa shape index (κ3) is 5.96. The summed E-state index contributed by atoms with van der Waals surface area (Å²) < 4.78 is 6.59. The summed E-state index contributed by atoms with van der Waals surface area (Å²) >= 11 is 0. The van der Waals surface area contributed by atoms with Crippen LogP contribution in [0.5, 0.6) is 0 Å². The van der Waals surface area contributed by atoms with Crippen molar-refractivity contribution in [3.05, 3.63) is 237 Å². The highest BCUT2D eigenvalue weighted by molar-refractivity contribution is 6.13. The molecule has 0 aliphatic carbocycles. The van der Waals surface area contributed by atoms with Gasteiger partial charge in [0.25, 0.3) is 0 Å². The van der Waals surface area contributed by atoms with Crippen LogP contribution in [0.15, 0.2) is 241 Å². The average molecular weight is 790 g/mol. The van der Waals surface area contributed by atoms with Gasteiger partial charge >= 0.3 is 0 Å². The van der Waals surface area contributed by atoms with Crippen molar-refractivity contribution < 1.29 is 4.42 Å². The summed E-state index contributed by atoms with van der Waals surface area (Å²) in [5.41, 5.74) is 14.2. The fraction of sp³-hybridized carbons (Fsp3) is 0. The van der Waals surface area contributed by atoms with Crippen molar-refractivity contribution in [3.8, 4) is 44.5 Å². The molecule has 2 nitrogen and oxygen atoms in total. The van der Waals surface area contributed by atoms with Crippen molar-refractivity contribution in [1.82, 2.24) is 0 Å². The summed E-state index contributed by atoms with van der Waals surface area (Å²) in [5.74, 6) is 0. The van der Waals surface area contributed by atoms with Crippen LogP contribution in [0.25, 0.3) is 98.8 Å². The van der Waals surface area contributed by atoms with Crippen molar-refractivity contribution in [1.29, 1.82) is 0 Å². The Kier molecular flexibility index (Phi) is 8.53. The zero-order valence-electron chi connectivity index (χ0n) is 33.9. The van der Waals surface area contributed by atoms with E-state index in [1.165, 1.54) is 54.6 Å². The highest BCUT2D eigenvalue weighted by Gasteiger charge is 2.22. The number of benzene rings is 11. The van der Waals surface area contributed by atoms with E-state index in [2.05, 4.69) is 235 Å². The van der Waals surface area contributed by atoms with E-state index in [9.17, 15) is 0 Å². The summed E-state index contributed by atoms with van der Waals surface area (Å²) in [6.45, 7) is 0. The van der Waals surface area contributed by atoms with Crippen LogP contribution in [-0.4, -0.2) is 0 Å². The van der Waals surface area contributed by atoms with Gasteiger partial charge in [-0.3, -0.25) is 0 Å². The molecular weight excluding hydrogens is 751 g/mol. The van der Waals surface area contributed by atoms with Crippen LogP contribution >= 0.6 is 0 Å². The number of nitrogens with zero attached hydrogens (tertiary/aromatic N) is 1. The third-order valence-electron chi connectivity index (χ3n) is 12.4. The number of anilines is 3. The zero-order valence-corrected chi connectivity index (χ0v) is 33.9. The van der Waals surface area contributed by atoms with Crippen LogP contribution in [0.4, 0.5) is 17.1 Å². The fourth-order valence-corrected chi connectivity index (χ4v) is 9.64. The molecule has 62 heavy (non-hydrogen) atoms. The van der Waals surface area contributed by atoms with E-state index < -0.39 is 0 Å². The Morgan fingerprint density at radius 1 is 0.290 bits per heavy atom. The first-order chi connectivity index (χ1) is 30.8. The van der Waals surface area contributed by atoms with Crippen molar-refractivity contribution >= 4 is 71.3 Å². The van der Waals surface area contributed by atoms with Crippen LogP contribution in [-0.2, 0) is 0 Å². The molecule has 0 N–H and O–H groups in total. The van der Waals surface area contributed by atoms with Crippen molar-refractivity contribution in [2.75, 3.05) is 4.90 Å². The Morgan fingerprint density at radius 3 is 1.66 bits per heavy atom. The number of hydrogen-bond acceptors (Lipinski definition) is 2. The molecule has 2 heteroatoms. The summed E-state index contributed by atoms with van der Waals surface area (Å²) in [6, 6.07) is 85.6. The molecule has 0 radical (unpaired) electrons. The molecule has 11 aromatic carbocycles. The van der Waals surface area contributed by atoms with E-state index >= 15 is 0 Å². The molecule has 1 aromatic heterocycles. The maximum atomic E-state index is 6.59. The smallest absolute Gasteiger partial charge is 0.143 e. The van der Waals surface area contributed by atoms with E-state index in [0.29, 0.717) is 0 Å². The van der Waals surface area contributed by atoms with E-state index in [-0.39, 0.29) is 0 Å². The standard InChI is InChI=1S/C60H39NO/c1-2-16-40(17-3-1)49-29-12-19-42-20-13-32-55(59(42)49)53-26-6-8-34-57(53)61(46-24-11-22-44(39-46)50-30-15-33-56-54-27-7-9-35-58(54)62-60(50)56)45-23-10-21-43(38-45)48-28-14-31-51-47-25-5-4-18-41(47)36-37-52(48)51/h1-39H. The summed E-state index contributed by atoms with van der Waals surface area (Å²) in [7, 11) is 0. The van der Waals surface area contributed by atoms with Crippen LogP contribution in [0.1, 0.15) is 0 Å². The minimum Gasteiger partial charge on any atom is -0.455 e. The van der Waals surface area contributed by atoms with Gasteiger partial charge in [0.15, 0.2) is 0 Å². The quantitative estimate of drug-likeness (QED) is 0.150. The Balaban J connectivity index is 1.09. The second-order valence-electron chi connectivity index (χ2n) is 16.0. The predicted molar refractivity (Wildman–Crippen MR) is 263 cm³/mol. The molecule has 12 rings (SSSR count). The van der Waals surface area contributed by atoms with Gasteiger partial charge in [0.1, 0.15) is 11.2 Å². The van der Waals surface area contributed by atoms with Gasteiger partial charge in [-0.1, -0.05) is 200 Å². The van der Waals surface area contributed by atoms with Crippen molar-refractivity contribution in [2.45, 2.75) is 0 Å². The molecule has 0 fully saturated rings. The van der Waals surface area contributed by atoms with E-state index in [0.717, 1.165) is 61.3 Å². The Bertz CT molecular complexity index is 3650. The fourth-order valence-electron chi connectivity index (χ4n) is 9.64. The van der Waals surface area contributed by atoms with Gasteiger partial charge in [0.2, 0.25) is 0 Å². The van der Waals surface area contributed by atoms with E-state index in [1.54, 1.807) is 0 Å². The molecule has 0 saturated heterocycles. The van der Waals surface area contributed by atoms with Crippen LogP contribution in [0.2, 0.25) is 0 Å². The molecule has 0 atom stereocenters. The molecule has 0 spiro atoms. The van der Waals surface area contributed by atoms with Gasteiger partial charge in [-0.15, -0.1) is 0 Å². The van der Waals surface area contributed by atoms with Gasteiger partial charge in [0.05, 0.1) is 5.69 Å². The summed E-state index contributed by atoms with van der Waals surface area (Å²) in [6.07, 6.45) is 0. The Hall–Kier alpha value is -8.20. The highest BCUT2D eigenvalue weighted by Crippen LogP contribution is 2.47. The summed E-state index contributed by atoms with van der Waals surface area (Å²) in [5, 5.41) is 9.68. The molecule has 0 aliphatic rings. The van der Waals surface area contributed by atoms with Gasteiger partial charge < -0.3 is 9.32 Å². The average Bonchev–Trinajstić information content (AvgIpc) is 3.73. The van der Waals surface area contributed by atoms with Crippen LogP contribution in [0.3, 0.4) is 0 Å². The monoisotopic (exact) mass is 789 g/mol. The lowest BCUT2D eigenvalue weighted by atomic mass is 9.90. The van der Waals surface area contributed by atoms with Crippen molar-refractivity contribution in [2.24, 2.45) is 0 Å². The van der Waals surface area contributed by atoms with E-state index in [4.69, 9.17) is 4.42 Å². The van der Waals surface area contributed by atoms with Gasteiger partial charge in [0, 0.05) is 33.3 Å². The molecular formula is C60H39NO. The lowest BCUT2D eigenvalue weighted by molar-refractivity contribution is 0.670. The topological polar surface area (TPSA) is 16.4 Å². The molecule has 1 heterocycles. The third-order valence-corrected chi connectivity index (χ3v) is 12.4. The normalized spacial score (nSPS) is 11.5. The molecule has 0 aliphatic heterocycles. The molecule has 290 valence electrons. The lowest BCUT2D eigenvalue weighted by Gasteiger charge is -2.29. The number of furan rings is 1. The predicted octanol–water partition coefficient (Wildman–Crippen LogP) is 17.2. The first kappa shape index (κ1) is 35.7. The van der Waals surface area contributed by atoms with Crippen LogP contribution < -0.4 is 4.90 Å². The van der Waals surface area contributed by atoms with Gasteiger partial charge in [-0.05, 0) is 102 Å². The molecule has 0 bridgehead atoms. The summed E-state index contributed by atoms with van der Waals surface area (Å²) in [4.78, 5) is 2.44. The second kappa shape index (κ2) is 14.8. The SMILES string of the molecule is c1ccc(-c2cccc3cccc(-c4ccccc4N(c4cccc(-c5cccc6c5ccc5ccccc56)c4)c4cccc(-c5cccc6c5oc5ccccc56)c4)c23)cc1. The number of fused-ring (bicyclic) bond motifs is 7. The molecule has 0 amide bonds. The second-order valence-corrected chi connectivity index (χ2v) is 16.0. The Morgan fingerprint density at radius 2 is 0.839 bits per heavy atom. The molecule has 0 saturated carbocycles. The molecule has 0 unspecified atom stereocenters. The maximum Gasteiger partial charge on any atom is 0.143 e. The molecule has 12 aromatic rings. The van der Waals surface area contributed by atoms with Crippen LogP contribution in [0, 0.1) is 0 Å². The lowest BCUT2D eigenvalue weighted by Crippen LogP contribution is -2.11. The maximum absolute atomic E-state index is 6.59. The minimum atomic E-state index is 0.893. The number of rotatable bonds is 7. The Labute approximate surface area is 360 Å². The van der Waals surface area contributed by atoms with E-state index in [1.807, 2.05) is 6.07 Å². The first-order valence-electron chi connectivity index (χ1n) is 21.3. The minimum absolute atomic E-state index is 0.893. The zero-order chi connectivity index (χ0) is 41.0. The number of hydrogen-bond donors (Lipinski definition) is 0. The highest BCUT2D eigenvalue weighted by atomic mass is 16.3.